The van der Waals surface area contributed by atoms with Gasteiger partial charge in [-0.2, -0.15) is 0 Å². The molecule has 0 saturated carbocycles. The number of aryl methyl sites for hydroxylation is 2. The van der Waals surface area contributed by atoms with Crippen LogP contribution in [0, 0.1) is 13.8 Å². The van der Waals surface area contributed by atoms with Gasteiger partial charge in [-0.3, -0.25) is 9.78 Å². The molecule has 1 unspecified atom stereocenters. The summed E-state index contributed by atoms with van der Waals surface area (Å²) in [7, 11) is 0. The van der Waals surface area contributed by atoms with Crippen molar-refractivity contribution in [1.82, 2.24) is 15.3 Å². The SMILES string of the molecule is CCC(C)NC(=O)CCNc1cnc(C)c(C)n1. The van der Waals surface area contributed by atoms with E-state index in [1.54, 1.807) is 6.20 Å². The molecule has 0 aromatic carbocycles. The van der Waals surface area contributed by atoms with Gasteiger partial charge in [-0.25, -0.2) is 4.98 Å². The number of amides is 1. The van der Waals surface area contributed by atoms with E-state index in [0.717, 1.165) is 23.6 Å². The summed E-state index contributed by atoms with van der Waals surface area (Å²) in [5.74, 6) is 0.781. The Hall–Kier alpha value is -1.65. The Morgan fingerprint density at radius 1 is 1.39 bits per heavy atom. The summed E-state index contributed by atoms with van der Waals surface area (Å²) in [5.41, 5.74) is 1.83. The summed E-state index contributed by atoms with van der Waals surface area (Å²) >= 11 is 0. The van der Waals surface area contributed by atoms with Crippen molar-refractivity contribution in [3.63, 3.8) is 0 Å². The van der Waals surface area contributed by atoms with Gasteiger partial charge in [-0.05, 0) is 27.2 Å². The van der Waals surface area contributed by atoms with Gasteiger partial charge in [0.15, 0.2) is 0 Å². The summed E-state index contributed by atoms with van der Waals surface area (Å²) in [4.78, 5) is 20.1. The molecule has 0 saturated heterocycles. The topological polar surface area (TPSA) is 66.9 Å². The van der Waals surface area contributed by atoms with Gasteiger partial charge < -0.3 is 10.6 Å². The number of carbonyl (C=O) groups excluding carboxylic acids is 1. The van der Waals surface area contributed by atoms with Crippen molar-refractivity contribution < 1.29 is 4.79 Å². The maximum atomic E-state index is 11.5. The fraction of sp³-hybridized carbons (Fsp3) is 0.615. The Bertz CT molecular complexity index is 406. The van der Waals surface area contributed by atoms with Gasteiger partial charge in [0, 0.05) is 19.0 Å². The highest BCUT2D eigenvalue weighted by Crippen LogP contribution is 2.05. The monoisotopic (exact) mass is 250 g/mol. The summed E-state index contributed by atoms with van der Waals surface area (Å²) in [6.07, 6.45) is 3.08. The second-order valence-corrected chi connectivity index (χ2v) is 4.48. The largest absolute Gasteiger partial charge is 0.368 e. The van der Waals surface area contributed by atoms with Crippen LogP contribution in [-0.2, 0) is 4.79 Å². The Morgan fingerprint density at radius 2 is 2.11 bits per heavy atom. The van der Waals surface area contributed by atoms with Crippen LogP contribution >= 0.6 is 0 Å². The molecule has 1 heterocycles. The molecule has 0 spiro atoms. The smallest absolute Gasteiger partial charge is 0.221 e. The molecule has 1 rings (SSSR count). The van der Waals surface area contributed by atoms with Gasteiger partial charge in [0.1, 0.15) is 5.82 Å². The first kappa shape index (κ1) is 14.4. The number of carbonyl (C=O) groups is 1. The normalized spacial score (nSPS) is 12.0. The van der Waals surface area contributed by atoms with E-state index in [-0.39, 0.29) is 11.9 Å². The number of hydrogen-bond acceptors (Lipinski definition) is 4. The third kappa shape index (κ3) is 4.69. The maximum Gasteiger partial charge on any atom is 0.221 e. The minimum Gasteiger partial charge on any atom is -0.368 e. The number of hydrogen-bond donors (Lipinski definition) is 2. The van der Waals surface area contributed by atoms with Crippen LogP contribution in [0.15, 0.2) is 6.20 Å². The van der Waals surface area contributed by atoms with Crippen LogP contribution in [0.4, 0.5) is 5.82 Å². The van der Waals surface area contributed by atoms with E-state index in [9.17, 15) is 4.79 Å². The van der Waals surface area contributed by atoms with Crippen molar-refractivity contribution >= 4 is 11.7 Å². The van der Waals surface area contributed by atoms with Gasteiger partial charge in [-0.1, -0.05) is 6.92 Å². The first-order chi connectivity index (χ1) is 8.52. The molecular formula is C13H22N4O. The Balaban J connectivity index is 2.33. The third-order valence-corrected chi connectivity index (χ3v) is 2.87. The minimum absolute atomic E-state index is 0.0636. The van der Waals surface area contributed by atoms with Crippen molar-refractivity contribution in [2.45, 2.75) is 46.6 Å². The fourth-order valence-corrected chi connectivity index (χ4v) is 1.38. The molecule has 0 bridgehead atoms. The zero-order chi connectivity index (χ0) is 13.5. The average Bonchev–Trinajstić information content (AvgIpc) is 2.33. The highest BCUT2D eigenvalue weighted by molar-refractivity contribution is 5.76. The predicted octanol–water partition coefficient (Wildman–Crippen LogP) is 1.81. The fourth-order valence-electron chi connectivity index (χ4n) is 1.38. The molecule has 0 radical (unpaired) electrons. The molecule has 18 heavy (non-hydrogen) atoms. The van der Waals surface area contributed by atoms with Crippen molar-refractivity contribution in [1.29, 1.82) is 0 Å². The lowest BCUT2D eigenvalue weighted by Crippen LogP contribution is -2.33. The first-order valence-corrected chi connectivity index (χ1v) is 6.36. The van der Waals surface area contributed by atoms with Crippen molar-refractivity contribution in [3.8, 4) is 0 Å². The summed E-state index contributed by atoms with van der Waals surface area (Å²) in [6, 6.07) is 0.235. The van der Waals surface area contributed by atoms with Crippen molar-refractivity contribution in [2.24, 2.45) is 0 Å². The van der Waals surface area contributed by atoms with E-state index < -0.39 is 0 Å². The molecule has 1 amide bonds. The van der Waals surface area contributed by atoms with E-state index in [0.29, 0.717) is 13.0 Å². The average molecular weight is 250 g/mol. The Labute approximate surface area is 108 Å². The predicted molar refractivity (Wildman–Crippen MR) is 72.5 cm³/mol. The molecule has 0 aliphatic heterocycles. The van der Waals surface area contributed by atoms with Crippen molar-refractivity contribution in [2.75, 3.05) is 11.9 Å². The number of aromatic nitrogens is 2. The molecule has 2 N–H and O–H groups in total. The molecule has 5 heteroatoms. The molecule has 0 aliphatic carbocycles. The highest BCUT2D eigenvalue weighted by Gasteiger charge is 2.05. The second kappa shape index (κ2) is 6.93. The van der Waals surface area contributed by atoms with E-state index in [4.69, 9.17) is 0 Å². The number of rotatable bonds is 6. The number of anilines is 1. The molecule has 0 fully saturated rings. The van der Waals surface area contributed by atoms with Gasteiger partial charge in [-0.15, -0.1) is 0 Å². The number of nitrogens with one attached hydrogen (secondary N) is 2. The molecule has 1 aromatic rings. The minimum atomic E-state index is 0.0636. The second-order valence-electron chi connectivity index (χ2n) is 4.48. The van der Waals surface area contributed by atoms with Crippen LogP contribution in [0.1, 0.15) is 38.1 Å². The third-order valence-electron chi connectivity index (χ3n) is 2.87. The molecule has 1 aromatic heterocycles. The molecule has 5 nitrogen and oxygen atoms in total. The molecule has 0 aliphatic rings. The van der Waals surface area contributed by atoms with Crippen LogP contribution in [0.25, 0.3) is 0 Å². The molecule has 100 valence electrons. The summed E-state index contributed by atoms with van der Waals surface area (Å²) < 4.78 is 0. The van der Waals surface area contributed by atoms with E-state index in [1.165, 1.54) is 0 Å². The lowest BCUT2D eigenvalue weighted by atomic mass is 10.2. The Morgan fingerprint density at radius 3 is 2.72 bits per heavy atom. The van der Waals surface area contributed by atoms with Crippen LogP contribution in [0.5, 0.6) is 0 Å². The van der Waals surface area contributed by atoms with Gasteiger partial charge in [0.2, 0.25) is 5.91 Å². The van der Waals surface area contributed by atoms with E-state index in [2.05, 4.69) is 20.6 Å². The maximum absolute atomic E-state index is 11.5. The standard InChI is InChI=1S/C13H22N4O/c1-5-9(2)16-13(18)6-7-14-12-8-15-10(3)11(4)17-12/h8-9H,5-7H2,1-4H3,(H,14,17)(H,16,18). The van der Waals surface area contributed by atoms with Gasteiger partial charge in [0.25, 0.3) is 0 Å². The van der Waals surface area contributed by atoms with Crippen LogP contribution in [0.2, 0.25) is 0 Å². The summed E-state index contributed by atoms with van der Waals surface area (Å²) in [6.45, 7) is 8.46. The van der Waals surface area contributed by atoms with Crippen molar-refractivity contribution in [3.05, 3.63) is 17.6 Å². The van der Waals surface area contributed by atoms with Gasteiger partial charge in [0.05, 0.1) is 17.6 Å². The zero-order valence-electron chi connectivity index (χ0n) is 11.6. The van der Waals surface area contributed by atoms with Gasteiger partial charge >= 0.3 is 0 Å². The quantitative estimate of drug-likeness (QED) is 0.808. The zero-order valence-corrected chi connectivity index (χ0v) is 11.6. The first-order valence-electron chi connectivity index (χ1n) is 6.36. The lowest BCUT2D eigenvalue weighted by molar-refractivity contribution is -0.121. The molecular weight excluding hydrogens is 228 g/mol. The number of nitrogens with zero attached hydrogens (tertiary/aromatic N) is 2. The Kier molecular flexibility index (Phi) is 5.55. The van der Waals surface area contributed by atoms with E-state index in [1.807, 2.05) is 27.7 Å². The van der Waals surface area contributed by atoms with Crippen LogP contribution in [-0.4, -0.2) is 28.5 Å². The highest BCUT2D eigenvalue weighted by atomic mass is 16.1. The summed E-state index contributed by atoms with van der Waals surface area (Å²) in [5, 5.41) is 6.02. The van der Waals surface area contributed by atoms with E-state index >= 15 is 0 Å². The molecule has 1 atom stereocenters. The van der Waals surface area contributed by atoms with Crippen LogP contribution < -0.4 is 10.6 Å². The lowest BCUT2D eigenvalue weighted by Gasteiger charge is -2.11. The van der Waals surface area contributed by atoms with Crippen LogP contribution in [0.3, 0.4) is 0 Å².